The van der Waals surface area contributed by atoms with Crippen molar-refractivity contribution < 1.29 is 9.47 Å². The van der Waals surface area contributed by atoms with Crippen LogP contribution in [0.5, 0.6) is 0 Å². The molecule has 0 bridgehead atoms. The average molecular weight is 205 g/mol. The molecule has 3 nitrogen and oxygen atoms in total. The summed E-state index contributed by atoms with van der Waals surface area (Å²) in [6, 6.07) is 0. The van der Waals surface area contributed by atoms with Crippen molar-refractivity contribution in [2.24, 2.45) is 0 Å². The SMILES string of the molecule is CCCCN[SiH2]C(OCC)OCC. The number of nitrogens with one attached hydrogen (secondary N) is 1. The van der Waals surface area contributed by atoms with E-state index in [0.29, 0.717) is 0 Å². The zero-order valence-electron chi connectivity index (χ0n) is 9.14. The van der Waals surface area contributed by atoms with Gasteiger partial charge in [0.2, 0.25) is 0 Å². The van der Waals surface area contributed by atoms with Crippen molar-refractivity contribution in [1.29, 1.82) is 0 Å². The summed E-state index contributed by atoms with van der Waals surface area (Å²) in [5.41, 5.74) is 0. The maximum absolute atomic E-state index is 5.44. The Morgan fingerprint density at radius 1 is 1.15 bits per heavy atom. The van der Waals surface area contributed by atoms with Gasteiger partial charge in [-0.3, -0.25) is 0 Å². The fourth-order valence-corrected chi connectivity index (χ4v) is 2.46. The molecule has 0 atom stereocenters. The first-order valence-corrected chi connectivity index (χ1v) is 6.81. The summed E-state index contributed by atoms with van der Waals surface area (Å²) in [4.78, 5) is 3.44. The Morgan fingerprint density at radius 2 is 1.77 bits per heavy atom. The molecule has 0 unspecified atom stereocenters. The standard InChI is InChI=1S/C9H23NO2Si/c1-4-7-8-10-13-9(11-5-2)12-6-3/h9-10H,4-8,13H2,1-3H3. The lowest BCUT2D eigenvalue weighted by molar-refractivity contribution is -0.0835. The van der Waals surface area contributed by atoms with Crippen LogP contribution in [0.15, 0.2) is 0 Å². The van der Waals surface area contributed by atoms with Gasteiger partial charge in [0.15, 0.2) is 9.68 Å². The molecule has 0 heterocycles. The Kier molecular flexibility index (Phi) is 10.3. The van der Waals surface area contributed by atoms with E-state index in [1.807, 2.05) is 13.8 Å². The van der Waals surface area contributed by atoms with E-state index in [1.54, 1.807) is 0 Å². The molecule has 0 aromatic carbocycles. The van der Waals surface area contributed by atoms with Crippen LogP contribution in [0, 0.1) is 0 Å². The molecule has 0 fully saturated rings. The van der Waals surface area contributed by atoms with E-state index >= 15 is 0 Å². The lowest BCUT2D eigenvalue weighted by Gasteiger charge is -2.16. The van der Waals surface area contributed by atoms with Crippen LogP contribution in [-0.2, 0) is 9.47 Å². The molecule has 1 N–H and O–H groups in total. The summed E-state index contributed by atoms with van der Waals surface area (Å²) < 4.78 is 10.9. The third-order valence-electron chi connectivity index (χ3n) is 1.72. The number of hydrogen-bond acceptors (Lipinski definition) is 3. The van der Waals surface area contributed by atoms with E-state index in [9.17, 15) is 0 Å². The Hall–Kier alpha value is 0.0969. The highest BCUT2D eigenvalue weighted by Crippen LogP contribution is 1.91. The first-order valence-electron chi connectivity index (χ1n) is 5.29. The van der Waals surface area contributed by atoms with Crippen LogP contribution in [-0.4, -0.2) is 35.4 Å². The van der Waals surface area contributed by atoms with Gasteiger partial charge in [0.1, 0.15) is 5.91 Å². The third-order valence-corrected chi connectivity index (χ3v) is 3.17. The summed E-state index contributed by atoms with van der Waals surface area (Å²) >= 11 is 0. The van der Waals surface area contributed by atoms with Crippen molar-refractivity contribution in [3.63, 3.8) is 0 Å². The molecule has 0 saturated carbocycles. The summed E-state index contributed by atoms with van der Waals surface area (Å²) in [6.45, 7) is 8.81. The van der Waals surface area contributed by atoms with Gasteiger partial charge in [-0.15, -0.1) is 0 Å². The zero-order valence-corrected chi connectivity index (χ0v) is 10.6. The minimum atomic E-state index is -0.411. The van der Waals surface area contributed by atoms with Gasteiger partial charge >= 0.3 is 0 Å². The molecule has 13 heavy (non-hydrogen) atoms. The van der Waals surface area contributed by atoms with E-state index in [-0.39, 0.29) is 5.91 Å². The first-order chi connectivity index (χ1) is 6.35. The highest BCUT2D eigenvalue weighted by atomic mass is 28.2. The van der Waals surface area contributed by atoms with Gasteiger partial charge in [0.05, 0.1) is 0 Å². The smallest absolute Gasteiger partial charge is 0.159 e. The molecule has 0 saturated heterocycles. The predicted molar refractivity (Wildman–Crippen MR) is 58.5 cm³/mol. The summed E-state index contributed by atoms with van der Waals surface area (Å²) in [7, 11) is -0.411. The highest BCUT2D eigenvalue weighted by Gasteiger charge is 2.06. The Balaban J connectivity index is 3.33. The second-order valence-electron chi connectivity index (χ2n) is 2.90. The third kappa shape index (κ3) is 8.43. The van der Waals surface area contributed by atoms with Crippen molar-refractivity contribution >= 4 is 9.68 Å². The lowest BCUT2D eigenvalue weighted by Crippen LogP contribution is -2.35. The topological polar surface area (TPSA) is 30.5 Å². The van der Waals surface area contributed by atoms with Crippen LogP contribution < -0.4 is 4.98 Å². The van der Waals surface area contributed by atoms with Crippen molar-refractivity contribution in [1.82, 2.24) is 4.98 Å². The summed E-state index contributed by atoms with van der Waals surface area (Å²) in [5.74, 6) is 0.0619. The number of unbranched alkanes of at least 4 members (excludes halogenated alkanes) is 1. The Morgan fingerprint density at radius 3 is 2.23 bits per heavy atom. The van der Waals surface area contributed by atoms with Crippen molar-refractivity contribution in [3.8, 4) is 0 Å². The van der Waals surface area contributed by atoms with Gasteiger partial charge in [-0.1, -0.05) is 13.3 Å². The minimum absolute atomic E-state index is 0.0619. The van der Waals surface area contributed by atoms with Crippen molar-refractivity contribution in [2.45, 2.75) is 39.5 Å². The van der Waals surface area contributed by atoms with E-state index in [1.165, 1.54) is 12.8 Å². The molecule has 0 aromatic heterocycles. The molecule has 0 aliphatic heterocycles. The molecule has 0 radical (unpaired) electrons. The van der Waals surface area contributed by atoms with Crippen LogP contribution in [0.3, 0.4) is 0 Å². The van der Waals surface area contributed by atoms with E-state index in [4.69, 9.17) is 9.47 Å². The number of ether oxygens (including phenoxy) is 2. The minimum Gasteiger partial charge on any atom is -0.356 e. The fraction of sp³-hybridized carbons (Fsp3) is 1.00. The predicted octanol–water partition coefficient (Wildman–Crippen LogP) is 0.816. The van der Waals surface area contributed by atoms with Crippen LogP contribution >= 0.6 is 0 Å². The lowest BCUT2D eigenvalue weighted by atomic mass is 10.3. The molecular weight excluding hydrogens is 182 g/mol. The van der Waals surface area contributed by atoms with E-state index < -0.39 is 9.68 Å². The van der Waals surface area contributed by atoms with Crippen LogP contribution in [0.2, 0.25) is 0 Å². The molecule has 0 aromatic rings. The summed E-state index contributed by atoms with van der Waals surface area (Å²) in [6.07, 6.45) is 2.49. The molecule has 0 aliphatic carbocycles. The van der Waals surface area contributed by atoms with Gasteiger partial charge in [-0.2, -0.15) is 0 Å². The second kappa shape index (κ2) is 10.2. The van der Waals surface area contributed by atoms with Gasteiger partial charge in [0, 0.05) is 13.2 Å². The van der Waals surface area contributed by atoms with Crippen LogP contribution in [0.4, 0.5) is 0 Å². The number of rotatable bonds is 9. The van der Waals surface area contributed by atoms with Crippen LogP contribution in [0.1, 0.15) is 33.6 Å². The molecule has 0 rings (SSSR count). The van der Waals surface area contributed by atoms with E-state index in [2.05, 4.69) is 11.9 Å². The summed E-state index contributed by atoms with van der Waals surface area (Å²) in [5, 5.41) is 0. The van der Waals surface area contributed by atoms with Gasteiger partial charge in [0.25, 0.3) is 0 Å². The fourth-order valence-electron chi connectivity index (χ4n) is 1.06. The van der Waals surface area contributed by atoms with Gasteiger partial charge in [-0.05, 0) is 26.8 Å². The van der Waals surface area contributed by atoms with Crippen molar-refractivity contribution in [2.75, 3.05) is 19.8 Å². The molecule has 0 amide bonds. The molecule has 80 valence electrons. The molecule has 0 aliphatic rings. The monoisotopic (exact) mass is 205 g/mol. The number of hydrogen-bond donors (Lipinski definition) is 1. The Labute approximate surface area is 84.1 Å². The van der Waals surface area contributed by atoms with E-state index in [0.717, 1.165) is 19.8 Å². The normalized spacial score (nSPS) is 12.0. The van der Waals surface area contributed by atoms with Crippen molar-refractivity contribution in [3.05, 3.63) is 0 Å². The van der Waals surface area contributed by atoms with Gasteiger partial charge < -0.3 is 14.5 Å². The largest absolute Gasteiger partial charge is 0.356 e. The average Bonchev–Trinajstić information content (AvgIpc) is 2.13. The van der Waals surface area contributed by atoms with Gasteiger partial charge in [-0.25, -0.2) is 0 Å². The second-order valence-corrected chi connectivity index (χ2v) is 4.47. The Bertz CT molecular complexity index is 97.6. The van der Waals surface area contributed by atoms with Crippen LogP contribution in [0.25, 0.3) is 0 Å². The quantitative estimate of drug-likeness (QED) is 0.343. The maximum Gasteiger partial charge on any atom is 0.159 e. The first kappa shape index (κ1) is 13.1. The highest BCUT2D eigenvalue weighted by molar-refractivity contribution is 6.33. The molecule has 4 heteroatoms. The molecule has 0 spiro atoms. The maximum atomic E-state index is 5.44. The molecular formula is C9H23NO2Si. The zero-order chi connectivity index (χ0) is 9.94.